The van der Waals surface area contributed by atoms with Gasteiger partial charge in [0.15, 0.2) is 0 Å². The number of nitrogens with zero attached hydrogens (tertiary/aromatic N) is 1. The molecule has 3 heteroatoms. The smallest absolute Gasteiger partial charge is 0.0935 e. The van der Waals surface area contributed by atoms with Gasteiger partial charge in [0.2, 0.25) is 0 Å². The lowest BCUT2D eigenvalue weighted by molar-refractivity contribution is -0.0721. The van der Waals surface area contributed by atoms with Gasteiger partial charge in [-0.1, -0.05) is 41.0 Å². The van der Waals surface area contributed by atoms with Crippen molar-refractivity contribution in [3.63, 3.8) is 0 Å². The van der Waals surface area contributed by atoms with Crippen LogP contribution in [0.2, 0.25) is 0 Å². The molecule has 1 unspecified atom stereocenters. The third-order valence-electron chi connectivity index (χ3n) is 2.81. The summed E-state index contributed by atoms with van der Waals surface area (Å²) in [6, 6.07) is 0. The summed E-state index contributed by atoms with van der Waals surface area (Å²) >= 11 is 0. The molecule has 0 aromatic rings. The fourth-order valence-corrected chi connectivity index (χ4v) is 1.90. The lowest BCUT2D eigenvalue weighted by Gasteiger charge is -2.32. The van der Waals surface area contributed by atoms with Crippen LogP contribution in [0.5, 0.6) is 0 Å². The number of hydrogen-bond acceptors (Lipinski definition) is 3. The van der Waals surface area contributed by atoms with Crippen molar-refractivity contribution >= 4 is 0 Å². The second-order valence-corrected chi connectivity index (χ2v) is 5.08. The first-order valence-corrected chi connectivity index (χ1v) is 7.64. The monoisotopic (exact) mass is 259 g/mol. The summed E-state index contributed by atoms with van der Waals surface area (Å²) in [6.07, 6.45) is 2.84. The first-order chi connectivity index (χ1) is 8.72. The molecule has 0 aliphatic carbocycles. The van der Waals surface area contributed by atoms with Crippen molar-refractivity contribution in [1.29, 1.82) is 0 Å². The largest absolute Gasteiger partial charge is 0.378 e. The van der Waals surface area contributed by atoms with Crippen molar-refractivity contribution in [2.24, 2.45) is 5.92 Å². The van der Waals surface area contributed by atoms with E-state index < -0.39 is 0 Å². The number of rotatable bonds is 7. The molecule has 0 saturated carbocycles. The van der Waals surface area contributed by atoms with Crippen LogP contribution in [0, 0.1) is 5.92 Å². The first-order valence-electron chi connectivity index (χ1n) is 7.64. The van der Waals surface area contributed by atoms with E-state index in [2.05, 4.69) is 25.7 Å². The van der Waals surface area contributed by atoms with Gasteiger partial charge >= 0.3 is 0 Å². The zero-order valence-corrected chi connectivity index (χ0v) is 13.1. The van der Waals surface area contributed by atoms with E-state index in [9.17, 15) is 0 Å². The molecule has 3 nitrogen and oxygen atoms in total. The van der Waals surface area contributed by atoms with Crippen molar-refractivity contribution < 1.29 is 9.47 Å². The molecule has 0 spiro atoms. The molecule has 1 rings (SSSR count). The van der Waals surface area contributed by atoms with Gasteiger partial charge in [-0.25, -0.2) is 0 Å². The average molecular weight is 259 g/mol. The summed E-state index contributed by atoms with van der Waals surface area (Å²) in [6.45, 7) is 16.4. The quantitative estimate of drug-likeness (QED) is 0.701. The van der Waals surface area contributed by atoms with Gasteiger partial charge in [0.05, 0.1) is 19.3 Å². The van der Waals surface area contributed by atoms with E-state index in [1.54, 1.807) is 0 Å². The van der Waals surface area contributed by atoms with E-state index >= 15 is 0 Å². The summed E-state index contributed by atoms with van der Waals surface area (Å²) in [5, 5.41) is 0. The van der Waals surface area contributed by atoms with E-state index in [1.165, 1.54) is 19.4 Å². The van der Waals surface area contributed by atoms with Crippen LogP contribution < -0.4 is 0 Å². The highest BCUT2D eigenvalue weighted by Crippen LogP contribution is 2.07. The Morgan fingerprint density at radius 2 is 2.06 bits per heavy atom. The fraction of sp³-hybridized carbons (Fsp3) is 1.00. The maximum Gasteiger partial charge on any atom is 0.0935 e. The average Bonchev–Trinajstić information content (AvgIpc) is 2.39. The van der Waals surface area contributed by atoms with Crippen LogP contribution in [0.3, 0.4) is 0 Å². The van der Waals surface area contributed by atoms with E-state index in [1.807, 2.05) is 13.8 Å². The molecule has 1 fully saturated rings. The van der Waals surface area contributed by atoms with Crippen molar-refractivity contribution in [2.45, 2.75) is 53.6 Å². The number of hydrogen-bond donors (Lipinski definition) is 0. The molecule has 1 aliphatic heterocycles. The van der Waals surface area contributed by atoms with Crippen molar-refractivity contribution in [2.75, 3.05) is 39.5 Å². The van der Waals surface area contributed by atoms with Gasteiger partial charge in [-0.2, -0.15) is 0 Å². The molecule has 1 heterocycles. The maximum absolute atomic E-state index is 5.70. The Bertz CT molecular complexity index is 174. The number of ether oxygens (including phenoxy) is 2. The summed E-state index contributed by atoms with van der Waals surface area (Å²) in [4.78, 5) is 2.50. The summed E-state index contributed by atoms with van der Waals surface area (Å²) in [5.41, 5.74) is 0. The van der Waals surface area contributed by atoms with Crippen molar-refractivity contribution in [1.82, 2.24) is 4.90 Å². The molecule has 18 heavy (non-hydrogen) atoms. The molecule has 0 N–H and O–H groups in total. The van der Waals surface area contributed by atoms with Gasteiger partial charge < -0.3 is 9.47 Å². The van der Waals surface area contributed by atoms with Gasteiger partial charge in [0.1, 0.15) is 0 Å². The van der Waals surface area contributed by atoms with Gasteiger partial charge in [0.25, 0.3) is 0 Å². The van der Waals surface area contributed by atoms with Crippen molar-refractivity contribution in [3.05, 3.63) is 0 Å². The van der Waals surface area contributed by atoms with Gasteiger partial charge in [-0.3, -0.25) is 4.90 Å². The topological polar surface area (TPSA) is 21.7 Å². The van der Waals surface area contributed by atoms with E-state index in [4.69, 9.17) is 9.47 Å². The Morgan fingerprint density at radius 3 is 2.67 bits per heavy atom. The summed E-state index contributed by atoms with van der Waals surface area (Å²) < 4.78 is 11.3. The van der Waals surface area contributed by atoms with Crippen LogP contribution in [0.15, 0.2) is 0 Å². The van der Waals surface area contributed by atoms with E-state index in [-0.39, 0.29) is 6.10 Å². The second-order valence-electron chi connectivity index (χ2n) is 5.08. The van der Waals surface area contributed by atoms with Gasteiger partial charge in [0, 0.05) is 19.7 Å². The molecular weight excluding hydrogens is 226 g/mol. The second kappa shape index (κ2) is 11.9. The van der Waals surface area contributed by atoms with Crippen molar-refractivity contribution in [3.8, 4) is 0 Å². The summed E-state index contributed by atoms with van der Waals surface area (Å²) in [7, 11) is 0. The Hall–Kier alpha value is -0.120. The molecule has 0 bridgehead atoms. The van der Waals surface area contributed by atoms with E-state index in [0.717, 1.165) is 32.9 Å². The van der Waals surface area contributed by atoms with Crippen LogP contribution in [0.1, 0.15) is 47.5 Å². The third kappa shape index (κ3) is 8.90. The maximum atomic E-state index is 5.70. The Labute approximate surface area is 114 Å². The highest BCUT2D eigenvalue weighted by Gasteiger charge is 2.19. The molecule has 1 aliphatic rings. The van der Waals surface area contributed by atoms with Crippen LogP contribution in [-0.4, -0.2) is 50.5 Å². The molecule has 110 valence electrons. The Morgan fingerprint density at radius 1 is 1.33 bits per heavy atom. The minimum atomic E-state index is 0.282. The Balaban J connectivity index is 0.00000137. The standard InChI is InChI=1S/C13H27NO2.C2H6/c1-4-5-6-14-7-8-16-13(9-14)11-15-10-12(2)3;1-2/h12-13H,4-11H2,1-3H3;1-2H3. The zero-order chi connectivity index (χ0) is 13.8. The van der Waals surface area contributed by atoms with Crippen LogP contribution in [0.25, 0.3) is 0 Å². The third-order valence-corrected chi connectivity index (χ3v) is 2.81. The highest BCUT2D eigenvalue weighted by atomic mass is 16.5. The Kier molecular flexibility index (Phi) is 11.9. The van der Waals surface area contributed by atoms with E-state index in [0.29, 0.717) is 5.92 Å². The minimum Gasteiger partial charge on any atom is -0.378 e. The predicted molar refractivity (Wildman–Crippen MR) is 78.1 cm³/mol. The fourth-order valence-electron chi connectivity index (χ4n) is 1.90. The van der Waals surface area contributed by atoms with Crippen LogP contribution in [-0.2, 0) is 9.47 Å². The molecule has 0 aromatic carbocycles. The molecule has 0 aromatic heterocycles. The SMILES string of the molecule is CC.CCCCN1CCOC(COCC(C)C)C1. The lowest BCUT2D eigenvalue weighted by Crippen LogP contribution is -2.44. The summed E-state index contributed by atoms with van der Waals surface area (Å²) in [5.74, 6) is 0.611. The van der Waals surface area contributed by atoms with Gasteiger partial charge in [-0.15, -0.1) is 0 Å². The minimum absolute atomic E-state index is 0.282. The first kappa shape index (κ1) is 17.9. The van der Waals surface area contributed by atoms with Gasteiger partial charge in [-0.05, 0) is 18.9 Å². The molecule has 0 radical (unpaired) electrons. The molecule has 1 atom stereocenters. The zero-order valence-electron chi connectivity index (χ0n) is 13.1. The molecule has 1 saturated heterocycles. The van der Waals surface area contributed by atoms with Crippen LogP contribution in [0.4, 0.5) is 0 Å². The number of morpholine rings is 1. The lowest BCUT2D eigenvalue weighted by atomic mass is 10.2. The normalized spacial score (nSPS) is 20.7. The highest BCUT2D eigenvalue weighted by molar-refractivity contribution is 4.71. The molecular formula is C15H33NO2. The molecule has 0 amide bonds. The predicted octanol–water partition coefficient (Wildman–Crippen LogP) is 3.19. The number of unbranched alkanes of at least 4 members (excludes halogenated alkanes) is 1. The van der Waals surface area contributed by atoms with Crippen LogP contribution >= 0.6 is 0 Å².